The summed E-state index contributed by atoms with van der Waals surface area (Å²) in [7, 11) is 0. The van der Waals surface area contributed by atoms with E-state index in [9.17, 15) is 18.8 Å². The largest absolute Gasteiger partial charge is 0.457 e. The first-order valence-electron chi connectivity index (χ1n) is 8.00. The lowest BCUT2D eigenvalue weighted by atomic mass is 10.1. The molecule has 0 bridgehead atoms. The fourth-order valence-electron chi connectivity index (χ4n) is 2.02. The van der Waals surface area contributed by atoms with Crippen molar-refractivity contribution in [2.45, 2.75) is 6.42 Å². The number of esters is 1. The Morgan fingerprint density at radius 1 is 1.00 bits per heavy atom. The number of ketones is 1. The fraction of sp³-hybridized carbons (Fsp3) is 0.150. The Bertz CT molecular complexity index is 785. The van der Waals surface area contributed by atoms with Crippen molar-refractivity contribution in [3.63, 3.8) is 0 Å². The molecular formula is C20H18FNO4. The van der Waals surface area contributed by atoms with Crippen LogP contribution in [-0.4, -0.2) is 30.8 Å². The minimum Gasteiger partial charge on any atom is -0.457 e. The number of carbonyl (C=O) groups excluding carboxylic acids is 3. The Morgan fingerprint density at radius 3 is 2.38 bits per heavy atom. The number of Topliss-reactive ketones (excluding diaryl/α,β-unsaturated/α-hetero) is 1. The number of hydrogen-bond donors (Lipinski definition) is 1. The molecule has 134 valence electrons. The number of ether oxygens (including phenoxy) is 1. The van der Waals surface area contributed by atoms with Crippen molar-refractivity contribution in [2.75, 3.05) is 13.2 Å². The van der Waals surface area contributed by atoms with Gasteiger partial charge >= 0.3 is 5.97 Å². The molecule has 0 atom stereocenters. The van der Waals surface area contributed by atoms with Gasteiger partial charge in [-0.3, -0.25) is 14.4 Å². The first-order valence-corrected chi connectivity index (χ1v) is 8.00. The standard InChI is InChI=1S/C20H18FNO4/c21-17-9-7-16(8-10-17)18(23)14-26-20(25)12-13-22-19(24)11-6-15-4-2-1-3-5-15/h1-11H,12-14H2,(H,22,24)/b11-6+. The van der Waals surface area contributed by atoms with Crippen molar-refractivity contribution in [2.24, 2.45) is 0 Å². The van der Waals surface area contributed by atoms with Crippen LogP contribution in [0, 0.1) is 5.82 Å². The van der Waals surface area contributed by atoms with Gasteiger partial charge in [-0.15, -0.1) is 0 Å². The van der Waals surface area contributed by atoms with E-state index in [1.54, 1.807) is 6.08 Å². The Kier molecular flexibility index (Phi) is 7.24. The topological polar surface area (TPSA) is 72.5 Å². The van der Waals surface area contributed by atoms with Crippen molar-refractivity contribution < 1.29 is 23.5 Å². The molecule has 0 heterocycles. The minimum atomic E-state index is -0.604. The second kappa shape index (κ2) is 9.88. The van der Waals surface area contributed by atoms with Gasteiger partial charge in [0.2, 0.25) is 5.91 Å². The van der Waals surface area contributed by atoms with Crippen molar-refractivity contribution in [1.82, 2.24) is 5.32 Å². The van der Waals surface area contributed by atoms with Crippen LogP contribution in [0.15, 0.2) is 60.7 Å². The van der Waals surface area contributed by atoms with Gasteiger partial charge < -0.3 is 10.1 Å². The van der Waals surface area contributed by atoms with Crippen LogP contribution in [0.3, 0.4) is 0 Å². The van der Waals surface area contributed by atoms with Crippen LogP contribution < -0.4 is 5.32 Å². The molecule has 0 saturated carbocycles. The van der Waals surface area contributed by atoms with Gasteiger partial charge in [-0.05, 0) is 35.9 Å². The first kappa shape index (κ1) is 19.1. The number of halogens is 1. The quantitative estimate of drug-likeness (QED) is 0.449. The Balaban J connectivity index is 1.65. The second-order valence-corrected chi connectivity index (χ2v) is 5.38. The van der Waals surface area contributed by atoms with Crippen LogP contribution in [0.1, 0.15) is 22.3 Å². The average Bonchev–Trinajstić information content (AvgIpc) is 2.66. The van der Waals surface area contributed by atoms with Crippen molar-refractivity contribution in [3.8, 4) is 0 Å². The average molecular weight is 355 g/mol. The highest BCUT2D eigenvalue weighted by molar-refractivity contribution is 5.98. The summed E-state index contributed by atoms with van der Waals surface area (Å²) in [6, 6.07) is 14.3. The summed E-state index contributed by atoms with van der Waals surface area (Å²) in [5.41, 5.74) is 1.15. The maximum Gasteiger partial charge on any atom is 0.308 e. The summed E-state index contributed by atoms with van der Waals surface area (Å²) in [5.74, 6) is -1.80. The number of amides is 1. The van der Waals surface area contributed by atoms with Gasteiger partial charge in [-0.2, -0.15) is 0 Å². The first-order chi connectivity index (χ1) is 12.5. The van der Waals surface area contributed by atoms with Crippen LogP contribution in [0.5, 0.6) is 0 Å². The Labute approximate surface area is 150 Å². The predicted octanol–water partition coefficient (Wildman–Crippen LogP) is 2.77. The molecule has 0 unspecified atom stereocenters. The normalized spacial score (nSPS) is 10.5. The summed E-state index contributed by atoms with van der Waals surface area (Å²) in [4.78, 5) is 35.0. The van der Waals surface area contributed by atoms with Crippen LogP contribution in [0.25, 0.3) is 6.08 Å². The molecule has 1 N–H and O–H groups in total. The van der Waals surface area contributed by atoms with Gasteiger partial charge in [-0.1, -0.05) is 30.3 Å². The van der Waals surface area contributed by atoms with Crippen LogP contribution in [-0.2, 0) is 14.3 Å². The molecule has 0 aliphatic rings. The van der Waals surface area contributed by atoms with E-state index in [0.29, 0.717) is 0 Å². The van der Waals surface area contributed by atoms with Crippen LogP contribution >= 0.6 is 0 Å². The Hall–Kier alpha value is -3.28. The van der Waals surface area contributed by atoms with E-state index in [1.165, 1.54) is 18.2 Å². The molecule has 1 amide bonds. The van der Waals surface area contributed by atoms with Gasteiger partial charge in [-0.25, -0.2) is 4.39 Å². The number of rotatable bonds is 8. The van der Waals surface area contributed by atoms with Gasteiger partial charge in [0.05, 0.1) is 6.42 Å². The lowest BCUT2D eigenvalue weighted by Gasteiger charge is -2.05. The lowest BCUT2D eigenvalue weighted by Crippen LogP contribution is -2.25. The van der Waals surface area contributed by atoms with Gasteiger partial charge in [0.25, 0.3) is 0 Å². The molecule has 0 spiro atoms. The molecule has 6 heteroatoms. The highest BCUT2D eigenvalue weighted by Gasteiger charge is 2.10. The molecule has 0 aliphatic heterocycles. The van der Waals surface area contributed by atoms with Gasteiger partial charge in [0.1, 0.15) is 5.82 Å². The summed E-state index contributed by atoms with van der Waals surface area (Å²) >= 11 is 0. The molecule has 2 aromatic rings. The summed E-state index contributed by atoms with van der Waals surface area (Å²) in [6.07, 6.45) is 2.98. The zero-order chi connectivity index (χ0) is 18.8. The molecular weight excluding hydrogens is 337 g/mol. The molecule has 0 fully saturated rings. The van der Waals surface area contributed by atoms with Gasteiger partial charge in [0, 0.05) is 18.2 Å². The lowest BCUT2D eigenvalue weighted by molar-refractivity contribution is -0.142. The van der Waals surface area contributed by atoms with Crippen LogP contribution in [0.4, 0.5) is 4.39 Å². The molecule has 2 rings (SSSR count). The summed E-state index contributed by atoms with van der Waals surface area (Å²) < 4.78 is 17.6. The van der Waals surface area contributed by atoms with E-state index in [0.717, 1.165) is 17.7 Å². The summed E-state index contributed by atoms with van der Waals surface area (Å²) in [5, 5.41) is 2.56. The van der Waals surface area contributed by atoms with E-state index >= 15 is 0 Å². The van der Waals surface area contributed by atoms with E-state index in [-0.39, 0.29) is 24.4 Å². The van der Waals surface area contributed by atoms with Gasteiger partial charge in [0.15, 0.2) is 12.4 Å². The third-order valence-corrected chi connectivity index (χ3v) is 3.39. The van der Waals surface area contributed by atoms with Crippen molar-refractivity contribution in [1.29, 1.82) is 0 Å². The number of hydrogen-bond acceptors (Lipinski definition) is 4. The van der Waals surface area contributed by atoms with E-state index < -0.39 is 24.2 Å². The second-order valence-electron chi connectivity index (χ2n) is 5.38. The maximum atomic E-state index is 12.8. The highest BCUT2D eigenvalue weighted by atomic mass is 19.1. The highest BCUT2D eigenvalue weighted by Crippen LogP contribution is 2.04. The zero-order valence-corrected chi connectivity index (χ0v) is 14.0. The Morgan fingerprint density at radius 2 is 1.69 bits per heavy atom. The third kappa shape index (κ3) is 6.68. The minimum absolute atomic E-state index is 0.0540. The molecule has 0 saturated heterocycles. The zero-order valence-electron chi connectivity index (χ0n) is 14.0. The molecule has 0 aliphatic carbocycles. The summed E-state index contributed by atoms with van der Waals surface area (Å²) in [6.45, 7) is -0.326. The molecule has 26 heavy (non-hydrogen) atoms. The van der Waals surface area contributed by atoms with E-state index in [4.69, 9.17) is 4.74 Å². The van der Waals surface area contributed by atoms with E-state index in [2.05, 4.69) is 5.32 Å². The maximum absolute atomic E-state index is 12.8. The smallest absolute Gasteiger partial charge is 0.308 e. The monoisotopic (exact) mass is 355 g/mol. The number of benzene rings is 2. The van der Waals surface area contributed by atoms with E-state index in [1.807, 2.05) is 30.3 Å². The molecule has 5 nitrogen and oxygen atoms in total. The molecule has 0 aromatic heterocycles. The molecule has 0 radical (unpaired) electrons. The number of carbonyl (C=O) groups is 3. The fourth-order valence-corrected chi connectivity index (χ4v) is 2.02. The van der Waals surface area contributed by atoms with Crippen LogP contribution in [0.2, 0.25) is 0 Å². The van der Waals surface area contributed by atoms with Crippen molar-refractivity contribution in [3.05, 3.63) is 77.6 Å². The third-order valence-electron chi connectivity index (χ3n) is 3.39. The van der Waals surface area contributed by atoms with Crippen molar-refractivity contribution >= 4 is 23.7 Å². The predicted molar refractivity (Wildman–Crippen MR) is 94.8 cm³/mol. The number of nitrogens with one attached hydrogen (secondary N) is 1. The molecule has 2 aromatic carbocycles. The SMILES string of the molecule is O=C(/C=C/c1ccccc1)NCCC(=O)OCC(=O)c1ccc(F)cc1.